The fourth-order valence-corrected chi connectivity index (χ4v) is 4.87. The molecule has 142 valence electrons. The van der Waals surface area contributed by atoms with Crippen LogP contribution in [0.5, 0.6) is 5.75 Å². The van der Waals surface area contributed by atoms with E-state index < -0.39 is 0 Å². The minimum Gasteiger partial charge on any atom is -0.496 e. The van der Waals surface area contributed by atoms with Gasteiger partial charge >= 0.3 is 0 Å². The van der Waals surface area contributed by atoms with Gasteiger partial charge in [-0.2, -0.15) is 0 Å². The summed E-state index contributed by atoms with van der Waals surface area (Å²) in [5.41, 5.74) is 3.30. The smallest absolute Gasteiger partial charge is 0.230 e. The summed E-state index contributed by atoms with van der Waals surface area (Å²) in [6.07, 6.45) is 1.57. The van der Waals surface area contributed by atoms with Gasteiger partial charge in [-0.05, 0) is 39.3 Å². The van der Waals surface area contributed by atoms with E-state index in [0.717, 1.165) is 32.1 Å². The molecule has 3 aromatic rings. The van der Waals surface area contributed by atoms with Crippen molar-refractivity contribution in [3.05, 3.63) is 46.1 Å². The van der Waals surface area contributed by atoms with Crippen LogP contribution in [0.2, 0.25) is 0 Å². The molecule has 7 heteroatoms. The number of hydrogen-bond donors (Lipinski definition) is 1. The van der Waals surface area contributed by atoms with Crippen molar-refractivity contribution in [2.24, 2.45) is 0 Å². The van der Waals surface area contributed by atoms with Crippen molar-refractivity contribution < 1.29 is 9.53 Å². The van der Waals surface area contributed by atoms with Gasteiger partial charge in [0.25, 0.3) is 0 Å². The molecule has 0 saturated heterocycles. The Balaban J connectivity index is 1.70. The number of nitrogens with zero attached hydrogens (tertiary/aromatic N) is 2. The zero-order chi connectivity index (χ0) is 19.6. The van der Waals surface area contributed by atoms with Crippen molar-refractivity contribution in [2.75, 3.05) is 12.9 Å². The third-order valence-corrected chi connectivity index (χ3v) is 6.60. The molecule has 2 heterocycles. The molecule has 5 nitrogen and oxygen atoms in total. The quantitative estimate of drug-likeness (QED) is 0.483. The van der Waals surface area contributed by atoms with Gasteiger partial charge in [-0.3, -0.25) is 4.79 Å². The lowest BCUT2D eigenvalue weighted by molar-refractivity contribution is -0.119. The van der Waals surface area contributed by atoms with E-state index in [1.807, 2.05) is 32.0 Å². The molecule has 0 aliphatic rings. The van der Waals surface area contributed by atoms with E-state index in [0.29, 0.717) is 5.75 Å². The lowest BCUT2D eigenvalue weighted by Gasteiger charge is -2.18. The van der Waals surface area contributed by atoms with Crippen LogP contribution in [0.1, 0.15) is 34.5 Å². The first kappa shape index (κ1) is 19.6. The maximum Gasteiger partial charge on any atom is 0.230 e. The molecule has 0 bridgehead atoms. The predicted octanol–water partition coefficient (Wildman–Crippen LogP) is 4.59. The second-order valence-electron chi connectivity index (χ2n) is 6.47. The molecule has 1 aromatic carbocycles. The van der Waals surface area contributed by atoms with E-state index in [1.165, 1.54) is 22.2 Å². The number of nitrogens with one attached hydrogen (secondary N) is 1. The predicted molar refractivity (Wildman–Crippen MR) is 112 cm³/mol. The molecule has 1 amide bonds. The number of rotatable bonds is 6. The number of carbonyl (C=O) groups is 1. The van der Waals surface area contributed by atoms with Crippen LogP contribution in [-0.2, 0) is 4.79 Å². The number of aryl methyl sites for hydroxylation is 3. The van der Waals surface area contributed by atoms with Crippen LogP contribution < -0.4 is 10.1 Å². The van der Waals surface area contributed by atoms with Crippen molar-refractivity contribution in [1.29, 1.82) is 0 Å². The number of thiophene rings is 1. The lowest BCUT2D eigenvalue weighted by atomic mass is 10.0. The Morgan fingerprint density at radius 3 is 2.81 bits per heavy atom. The first-order chi connectivity index (χ1) is 12.9. The number of fused-ring (bicyclic) bond motifs is 1. The Morgan fingerprint density at radius 2 is 2.07 bits per heavy atom. The maximum atomic E-state index is 12.5. The molecule has 0 aliphatic heterocycles. The fraction of sp³-hybridized carbons (Fsp3) is 0.350. The van der Waals surface area contributed by atoms with Crippen LogP contribution in [0.25, 0.3) is 10.2 Å². The molecule has 0 fully saturated rings. The van der Waals surface area contributed by atoms with Gasteiger partial charge in [0.2, 0.25) is 5.91 Å². The SMILES string of the molecule is COc1ccc(C)cc1C(C)NC(=O)CSc1ncnc2sc(C)c(C)c12. The van der Waals surface area contributed by atoms with Gasteiger partial charge in [0.15, 0.2) is 0 Å². The summed E-state index contributed by atoms with van der Waals surface area (Å²) in [5, 5.41) is 4.98. The van der Waals surface area contributed by atoms with E-state index in [1.54, 1.807) is 24.8 Å². The first-order valence-corrected chi connectivity index (χ1v) is 10.5. The van der Waals surface area contributed by atoms with Crippen LogP contribution in [0, 0.1) is 20.8 Å². The van der Waals surface area contributed by atoms with Crippen LogP contribution in [0.4, 0.5) is 0 Å². The van der Waals surface area contributed by atoms with E-state index in [4.69, 9.17) is 4.74 Å². The number of carbonyl (C=O) groups excluding carboxylic acids is 1. The number of methoxy groups -OCH3 is 1. The van der Waals surface area contributed by atoms with Gasteiger partial charge < -0.3 is 10.1 Å². The molecule has 2 aromatic heterocycles. The molecule has 0 saturated carbocycles. The van der Waals surface area contributed by atoms with Crippen LogP contribution in [0.3, 0.4) is 0 Å². The van der Waals surface area contributed by atoms with Gasteiger partial charge in [0.1, 0.15) is 21.9 Å². The van der Waals surface area contributed by atoms with Crippen molar-refractivity contribution in [3.63, 3.8) is 0 Å². The molecular formula is C20H23N3O2S2. The Kier molecular flexibility index (Phi) is 6.01. The van der Waals surface area contributed by atoms with Gasteiger partial charge in [-0.25, -0.2) is 9.97 Å². The lowest BCUT2D eigenvalue weighted by Crippen LogP contribution is -2.28. The van der Waals surface area contributed by atoms with Gasteiger partial charge in [-0.1, -0.05) is 29.5 Å². The van der Waals surface area contributed by atoms with E-state index in [9.17, 15) is 4.79 Å². The van der Waals surface area contributed by atoms with Crippen molar-refractivity contribution >= 4 is 39.2 Å². The van der Waals surface area contributed by atoms with Gasteiger partial charge in [-0.15, -0.1) is 11.3 Å². The molecule has 0 radical (unpaired) electrons. The highest BCUT2D eigenvalue weighted by molar-refractivity contribution is 8.00. The normalized spacial score (nSPS) is 12.2. The number of aromatic nitrogens is 2. The molecular weight excluding hydrogens is 378 g/mol. The zero-order valence-corrected chi connectivity index (χ0v) is 17.8. The largest absolute Gasteiger partial charge is 0.496 e. The summed E-state index contributed by atoms with van der Waals surface area (Å²) in [6, 6.07) is 5.84. The first-order valence-electron chi connectivity index (χ1n) is 8.68. The summed E-state index contributed by atoms with van der Waals surface area (Å²) in [7, 11) is 1.64. The molecule has 1 unspecified atom stereocenters. The Hall–Kier alpha value is -2.12. The Morgan fingerprint density at radius 1 is 1.30 bits per heavy atom. The standard InChI is InChI=1S/C20H23N3O2S2/c1-11-6-7-16(25-5)15(8-11)13(3)23-17(24)9-26-19-18-12(2)14(4)27-20(18)22-10-21-19/h6-8,10,13H,9H2,1-5H3,(H,23,24). The highest BCUT2D eigenvalue weighted by Gasteiger charge is 2.17. The summed E-state index contributed by atoms with van der Waals surface area (Å²) in [6.45, 7) is 8.15. The van der Waals surface area contributed by atoms with Crippen molar-refractivity contribution in [2.45, 2.75) is 38.8 Å². The summed E-state index contributed by atoms with van der Waals surface area (Å²) >= 11 is 3.11. The number of ether oxygens (including phenoxy) is 1. The third-order valence-electron chi connectivity index (χ3n) is 4.50. The van der Waals surface area contributed by atoms with E-state index >= 15 is 0 Å². The highest BCUT2D eigenvalue weighted by Crippen LogP contribution is 2.34. The minimum atomic E-state index is -0.136. The number of amides is 1. The Labute approximate surface area is 167 Å². The van der Waals surface area contributed by atoms with Crippen molar-refractivity contribution in [1.82, 2.24) is 15.3 Å². The molecule has 1 N–H and O–H groups in total. The average molecular weight is 402 g/mol. The maximum absolute atomic E-state index is 12.5. The number of hydrogen-bond acceptors (Lipinski definition) is 6. The highest BCUT2D eigenvalue weighted by atomic mass is 32.2. The average Bonchev–Trinajstić information content (AvgIpc) is 2.94. The molecule has 0 aliphatic carbocycles. The second kappa shape index (κ2) is 8.27. The summed E-state index contributed by atoms with van der Waals surface area (Å²) in [5.74, 6) is 1.05. The third kappa shape index (κ3) is 4.25. The molecule has 1 atom stereocenters. The molecule has 0 spiro atoms. The van der Waals surface area contributed by atoms with Crippen LogP contribution in [0.15, 0.2) is 29.6 Å². The molecule has 3 rings (SSSR count). The Bertz CT molecular complexity index is 985. The fourth-order valence-electron chi connectivity index (χ4n) is 2.95. The second-order valence-corrected chi connectivity index (χ2v) is 8.63. The zero-order valence-electron chi connectivity index (χ0n) is 16.1. The topological polar surface area (TPSA) is 64.1 Å². The van der Waals surface area contributed by atoms with Gasteiger partial charge in [0.05, 0.1) is 18.9 Å². The molecule has 27 heavy (non-hydrogen) atoms. The van der Waals surface area contributed by atoms with E-state index in [2.05, 4.69) is 29.1 Å². The monoisotopic (exact) mass is 401 g/mol. The summed E-state index contributed by atoms with van der Waals surface area (Å²) < 4.78 is 5.42. The van der Waals surface area contributed by atoms with Crippen molar-refractivity contribution in [3.8, 4) is 5.75 Å². The summed E-state index contributed by atoms with van der Waals surface area (Å²) in [4.78, 5) is 23.4. The van der Waals surface area contributed by atoms with Gasteiger partial charge in [0, 0.05) is 15.8 Å². The van der Waals surface area contributed by atoms with Crippen LogP contribution in [-0.4, -0.2) is 28.7 Å². The number of thioether (sulfide) groups is 1. The minimum absolute atomic E-state index is 0.0348. The van der Waals surface area contributed by atoms with E-state index in [-0.39, 0.29) is 11.9 Å². The van der Waals surface area contributed by atoms with Crippen LogP contribution >= 0.6 is 23.1 Å². The number of benzene rings is 1.